The number of nitrogens with one attached hydrogen (secondary N) is 2. The van der Waals surface area contributed by atoms with E-state index in [4.69, 9.17) is 9.47 Å². The normalized spacial score (nSPS) is 15.5. The first-order chi connectivity index (χ1) is 15.6. The molecule has 0 aliphatic heterocycles. The first kappa shape index (κ1) is 24.1. The molecule has 1 saturated carbocycles. The molecule has 0 unspecified atom stereocenters. The van der Waals surface area contributed by atoms with Gasteiger partial charge in [-0.3, -0.25) is 4.79 Å². The molecule has 3 N–H and O–H groups in total. The van der Waals surface area contributed by atoms with Crippen molar-refractivity contribution < 1.29 is 19.4 Å². The van der Waals surface area contributed by atoms with E-state index in [2.05, 4.69) is 17.6 Å². The summed E-state index contributed by atoms with van der Waals surface area (Å²) in [5.74, 6) is 1.51. The highest BCUT2D eigenvalue weighted by atomic mass is 16.5. The molecular formula is C26H36N2O4. The molecule has 1 aliphatic rings. The molecule has 2 aromatic carbocycles. The number of aliphatic hydroxyl groups excluding tert-OH is 1. The standard InChI is InChI=1S/C26H36N2O4/c1-3-31-24-16-21(17-27-19-26(13-7-14-26)20(2)12-15-29)10-11-23(24)32-18-25(30)28-22-8-5-4-6-9-22/h4-6,8-11,16,20,27,29H,3,7,12-15,17-19H2,1-2H3,(H,28,30)/t20-/m0/s1. The Morgan fingerprint density at radius 2 is 1.91 bits per heavy atom. The summed E-state index contributed by atoms with van der Waals surface area (Å²) < 4.78 is 11.5. The molecule has 1 fully saturated rings. The fourth-order valence-corrected chi connectivity index (χ4v) is 4.34. The lowest BCUT2D eigenvalue weighted by molar-refractivity contribution is -0.118. The molecular weight excluding hydrogens is 404 g/mol. The van der Waals surface area contributed by atoms with Crippen LogP contribution in [-0.2, 0) is 11.3 Å². The van der Waals surface area contributed by atoms with Crippen LogP contribution in [0.1, 0.15) is 45.1 Å². The molecule has 0 bridgehead atoms. The van der Waals surface area contributed by atoms with Gasteiger partial charge in [0.15, 0.2) is 18.1 Å². The molecule has 0 radical (unpaired) electrons. The number of aliphatic hydroxyl groups is 1. The Balaban J connectivity index is 1.54. The molecule has 32 heavy (non-hydrogen) atoms. The van der Waals surface area contributed by atoms with Gasteiger partial charge in [0.2, 0.25) is 0 Å². The predicted octanol–water partition coefficient (Wildman–Crippen LogP) is 4.38. The highest BCUT2D eigenvalue weighted by Gasteiger charge is 2.40. The Morgan fingerprint density at radius 1 is 1.12 bits per heavy atom. The smallest absolute Gasteiger partial charge is 0.262 e. The lowest BCUT2D eigenvalue weighted by Crippen LogP contribution is -2.44. The van der Waals surface area contributed by atoms with Crippen molar-refractivity contribution in [3.63, 3.8) is 0 Å². The number of benzene rings is 2. The topological polar surface area (TPSA) is 79.8 Å². The number of rotatable bonds is 13. The van der Waals surface area contributed by atoms with Crippen molar-refractivity contribution in [3.8, 4) is 11.5 Å². The third-order valence-electron chi connectivity index (χ3n) is 6.49. The van der Waals surface area contributed by atoms with Gasteiger partial charge in [-0.2, -0.15) is 0 Å². The Morgan fingerprint density at radius 3 is 2.56 bits per heavy atom. The van der Waals surface area contributed by atoms with Gasteiger partial charge in [-0.25, -0.2) is 0 Å². The van der Waals surface area contributed by atoms with Crippen LogP contribution in [0.15, 0.2) is 48.5 Å². The first-order valence-electron chi connectivity index (χ1n) is 11.6. The number of hydrogen-bond donors (Lipinski definition) is 3. The van der Waals surface area contributed by atoms with Gasteiger partial charge in [-0.05, 0) is 67.3 Å². The molecule has 1 amide bonds. The average Bonchev–Trinajstić information content (AvgIpc) is 2.76. The monoisotopic (exact) mass is 440 g/mol. The van der Waals surface area contributed by atoms with Crippen LogP contribution in [0.25, 0.3) is 0 Å². The maximum atomic E-state index is 12.2. The number of ether oxygens (including phenoxy) is 2. The molecule has 6 nitrogen and oxygen atoms in total. The molecule has 0 aromatic heterocycles. The molecule has 1 atom stereocenters. The highest BCUT2D eigenvalue weighted by molar-refractivity contribution is 5.91. The summed E-state index contributed by atoms with van der Waals surface area (Å²) in [6.07, 6.45) is 4.59. The van der Waals surface area contributed by atoms with E-state index < -0.39 is 0 Å². The average molecular weight is 441 g/mol. The molecule has 0 saturated heterocycles. The van der Waals surface area contributed by atoms with Gasteiger partial charge >= 0.3 is 0 Å². The van der Waals surface area contributed by atoms with Crippen molar-refractivity contribution in [2.24, 2.45) is 11.3 Å². The van der Waals surface area contributed by atoms with Gasteiger partial charge < -0.3 is 25.2 Å². The zero-order valence-electron chi connectivity index (χ0n) is 19.2. The minimum Gasteiger partial charge on any atom is -0.490 e. The maximum absolute atomic E-state index is 12.2. The summed E-state index contributed by atoms with van der Waals surface area (Å²) in [7, 11) is 0. The summed E-state index contributed by atoms with van der Waals surface area (Å²) in [4.78, 5) is 12.2. The van der Waals surface area contributed by atoms with Crippen LogP contribution < -0.4 is 20.1 Å². The largest absolute Gasteiger partial charge is 0.490 e. The Labute approximate surface area is 191 Å². The van der Waals surface area contributed by atoms with Crippen LogP contribution in [0.2, 0.25) is 0 Å². The predicted molar refractivity (Wildman–Crippen MR) is 127 cm³/mol. The van der Waals surface area contributed by atoms with Crippen LogP contribution in [0.4, 0.5) is 5.69 Å². The fourth-order valence-electron chi connectivity index (χ4n) is 4.34. The Bertz CT molecular complexity index is 852. The van der Waals surface area contributed by atoms with Gasteiger partial charge in [0.05, 0.1) is 6.61 Å². The van der Waals surface area contributed by atoms with Crippen molar-refractivity contribution in [1.29, 1.82) is 0 Å². The summed E-state index contributed by atoms with van der Waals surface area (Å²) in [5, 5.41) is 15.7. The third-order valence-corrected chi connectivity index (χ3v) is 6.49. The zero-order valence-corrected chi connectivity index (χ0v) is 19.2. The minimum absolute atomic E-state index is 0.0855. The number of carbonyl (C=O) groups is 1. The van der Waals surface area contributed by atoms with Gasteiger partial charge in [0.25, 0.3) is 5.91 Å². The number of para-hydroxylation sites is 1. The van der Waals surface area contributed by atoms with Crippen molar-refractivity contribution in [3.05, 3.63) is 54.1 Å². The van der Waals surface area contributed by atoms with Crippen molar-refractivity contribution in [2.75, 3.05) is 31.7 Å². The van der Waals surface area contributed by atoms with Crippen LogP contribution in [0, 0.1) is 11.3 Å². The number of carbonyl (C=O) groups excluding carboxylic acids is 1. The molecule has 0 spiro atoms. The van der Waals surface area contributed by atoms with Gasteiger partial charge in [0.1, 0.15) is 0 Å². The molecule has 2 aromatic rings. The van der Waals surface area contributed by atoms with Gasteiger partial charge in [-0.1, -0.05) is 37.6 Å². The summed E-state index contributed by atoms with van der Waals surface area (Å²) >= 11 is 0. The van der Waals surface area contributed by atoms with E-state index in [1.54, 1.807) is 0 Å². The van der Waals surface area contributed by atoms with Crippen molar-refractivity contribution in [2.45, 2.75) is 46.1 Å². The first-order valence-corrected chi connectivity index (χ1v) is 11.6. The minimum atomic E-state index is -0.216. The Kier molecular flexibility index (Phi) is 8.94. The van der Waals surface area contributed by atoms with Crippen LogP contribution in [0.3, 0.4) is 0 Å². The second-order valence-electron chi connectivity index (χ2n) is 8.65. The zero-order chi connectivity index (χ0) is 22.8. The van der Waals surface area contributed by atoms with E-state index in [0.29, 0.717) is 29.4 Å². The van der Waals surface area contributed by atoms with E-state index in [-0.39, 0.29) is 19.1 Å². The van der Waals surface area contributed by atoms with E-state index in [0.717, 1.165) is 30.8 Å². The van der Waals surface area contributed by atoms with Crippen molar-refractivity contribution in [1.82, 2.24) is 5.32 Å². The summed E-state index contributed by atoms with van der Waals surface area (Å²) in [6, 6.07) is 15.2. The van der Waals surface area contributed by atoms with E-state index in [9.17, 15) is 9.90 Å². The molecule has 0 heterocycles. The second-order valence-corrected chi connectivity index (χ2v) is 8.65. The highest BCUT2D eigenvalue weighted by Crippen LogP contribution is 2.47. The van der Waals surface area contributed by atoms with Crippen LogP contribution >= 0.6 is 0 Å². The quantitative estimate of drug-likeness (QED) is 0.431. The molecule has 1 aliphatic carbocycles. The second kappa shape index (κ2) is 11.9. The lowest BCUT2D eigenvalue weighted by atomic mass is 9.60. The molecule has 6 heteroatoms. The van der Waals surface area contributed by atoms with Gasteiger partial charge in [-0.15, -0.1) is 0 Å². The number of amides is 1. The lowest BCUT2D eigenvalue weighted by Gasteiger charge is -2.47. The molecule has 174 valence electrons. The molecule has 3 rings (SSSR count). The maximum Gasteiger partial charge on any atom is 0.262 e. The van der Waals surface area contributed by atoms with Crippen LogP contribution in [-0.4, -0.2) is 37.4 Å². The summed E-state index contributed by atoms with van der Waals surface area (Å²) in [6.45, 7) is 6.57. The third kappa shape index (κ3) is 6.47. The van der Waals surface area contributed by atoms with Crippen molar-refractivity contribution >= 4 is 11.6 Å². The number of anilines is 1. The van der Waals surface area contributed by atoms with E-state index >= 15 is 0 Å². The number of hydrogen-bond acceptors (Lipinski definition) is 5. The summed E-state index contributed by atoms with van der Waals surface area (Å²) in [5.41, 5.74) is 2.16. The van der Waals surface area contributed by atoms with E-state index in [1.807, 2.05) is 55.5 Å². The van der Waals surface area contributed by atoms with Crippen LogP contribution in [0.5, 0.6) is 11.5 Å². The SMILES string of the molecule is CCOc1cc(CNCC2([C@@H](C)CCO)CCC2)ccc1OCC(=O)Nc1ccccc1. The van der Waals surface area contributed by atoms with E-state index in [1.165, 1.54) is 19.3 Å². The Hall–Kier alpha value is -2.57. The van der Waals surface area contributed by atoms with Gasteiger partial charge in [0, 0.05) is 25.4 Å². The fraction of sp³-hybridized carbons (Fsp3) is 0.500.